The summed E-state index contributed by atoms with van der Waals surface area (Å²) < 4.78 is 38.9. The molecule has 182 valence electrons. The van der Waals surface area contributed by atoms with Gasteiger partial charge in [0.05, 0.1) is 25.0 Å². The van der Waals surface area contributed by atoms with Gasteiger partial charge in [0.1, 0.15) is 23.2 Å². The molecule has 0 aliphatic carbocycles. The number of nitrogen functional groups attached to an aromatic ring is 1. The van der Waals surface area contributed by atoms with Gasteiger partial charge in [0.25, 0.3) is 0 Å². The molecular weight excluding hydrogens is 470 g/mol. The third kappa shape index (κ3) is 5.98. The van der Waals surface area contributed by atoms with Gasteiger partial charge >= 0.3 is 6.55 Å². The van der Waals surface area contributed by atoms with Crippen LogP contribution in [0, 0.1) is 0 Å². The summed E-state index contributed by atoms with van der Waals surface area (Å²) in [5, 5.41) is 13.4. The molecule has 1 fully saturated rings. The largest absolute Gasteiger partial charge is 0.492 e. The van der Waals surface area contributed by atoms with Crippen LogP contribution in [0.4, 0.5) is 14.7 Å². The number of nitrogens with two attached hydrogens (primary N) is 1. The van der Waals surface area contributed by atoms with Crippen LogP contribution in [-0.2, 0) is 11.2 Å². The third-order valence-corrected chi connectivity index (χ3v) is 5.60. The second-order valence-corrected chi connectivity index (χ2v) is 8.19. The average molecular weight is 495 g/mol. The molecule has 9 nitrogen and oxygen atoms in total. The second kappa shape index (κ2) is 11.0. The van der Waals surface area contributed by atoms with Crippen molar-refractivity contribution in [3.05, 3.63) is 52.8 Å². The van der Waals surface area contributed by atoms with Crippen molar-refractivity contribution in [2.24, 2.45) is 0 Å². The number of hydrogen-bond acceptors (Lipinski definition) is 8. The van der Waals surface area contributed by atoms with Crippen LogP contribution in [-0.4, -0.2) is 75.3 Å². The Bertz CT molecular complexity index is 1100. The van der Waals surface area contributed by atoms with E-state index in [0.717, 1.165) is 12.1 Å². The fourth-order valence-electron chi connectivity index (χ4n) is 3.81. The van der Waals surface area contributed by atoms with Gasteiger partial charge in [0.15, 0.2) is 0 Å². The first-order valence-electron chi connectivity index (χ1n) is 10.7. The van der Waals surface area contributed by atoms with Crippen molar-refractivity contribution < 1.29 is 23.4 Å². The molecule has 0 saturated carbocycles. The molecule has 3 heterocycles. The molecular formula is C22H25ClF2N6O3. The van der Waals surface area contributed by atoms with Gasteiger partial charge < -0.3 is 20.3 Å². The van der Waals surface area contributed by atoms with Gasteiger partial charge in [-0.15, -0.1) is 0 Å². The van der Waals surface area contributed by atoms with Gasteiger partial charge in [0, 0.05) is 43.9 Å². The van der Waals surface area contributed by atoms with Crippen molar-refractivity contribution in [3.63, 3.8) is 0 Å². The predicted octanol–water partition coefficient (Wildman–Crippen LogP) is 2.63. The lowest BCUT2D eigenvalue weighted by Gasteiger charge is -2.31. The normalized spacial score (nSPS) is 16.8. The maximum Gasteiger partial charge on any atom is 0.333 e. The van der Waals surface area contributed by atoms with Crippen molar-refractivity contribution in [1.29, 1.82) is 0 Å². The molecule has 3 N–H and O–H groups in total. The summed E-state index contributed by atoms with van der Waals surface area (Å²) in [5.41, 5.74) is 7.52. The van der Waals surface area contributed by atoms with Crippen LogP contribution in [0.5, 0.6) is 5.75 Å². The number of aliphatic hydroxyl groups is 1. The maximum absolute atomic E-state index is 13.4. The highest BCUT2D eigenvalue weighted by molar-refractivity contribution is 6.29. The van der Waals surface area contributed by atoms with E-state index in [2.05, 4.69) is 20.0 Å². The summed E-state index contributed by atoms with van der Waals surface area (Å²) in [4.78, 5) is 10.1. The van der Waals surface area contributed by atoms with Crippen molar-refractivity contribution >= 4 is 17.5 Å². The standard InChI is InChI=1S/C22H25ClF2N6O3/c23-19-10-17(27-22(26)28-19)20-15(11-31(29-20)21(24)25)9-14-3-1-2-4-18(14)34-8-6-30-5-7-33-16(12-30)13-32/h1-4,10-11,16,21,32H,5-9,12-13H2,(H2,26,27,28)/t16-/m1/s1. The number of nitrogens with zero attached hydrogens (tertiary/aromatic N) is 5. The Kier molecular flexibility index (Phi) is 7.88. The Morgan fingerprint density at radius 2 is 2.09 bits per heavy atom. The number of benzene rings is 1. The molecule has 0 unspecified atom stereocenters. The van der Waals surface area contributed by atoms with Gasteiger partial charge in [-0.25, -0.2) is 14.6 Å². The predicted molar refractivity (Wildman–Crippen MR) is 122 cm³/mol. The summed E-state index contributed by atoms with van der Waals surface area (Å²) in [7, 11) is 0. The van der Waals surface area contributed by atoms with Crippen LogP contribution in [0.1, 0.15) is 17.7 Å². The van der Waals surface area contributed by atoms with Gasteiger partial charge in [-0.1, -0.05) is 29.8 Å². The molecule has 1 saturated heterocycles. The van der Waals surface area contributed by atoms with E-state index in [0.29, 0.717) is 42.3 Å². The summed E-state index contributed by atoms with van der Waals surface area (Å²) in [6.45, 7) is 0.237. The molecule has 0 radical (unpaired) electrons. The lowest BCUT2D eigenvalue weighted by Crippen LogP contribution is -2.45. The Morgan fingerprint density at radius 3 is 2.85 bits per heavy atom. The van der Waals surface area contributed by atoms with E-state index in [1.165, 1.54) is 12.3 Å². The van der Waals surface area contributed by atoms with Crippen LogP contribution in [0.3, 0.4) is 0 Å². The van der Waals surface area contributed by atoms with E-state index in [1.54, 1.807) is 0 Å². The number of halogens is 3. The lowest BCUT2D eigenvalue weighted by molar-refractivity contribution is -0.0547. The highest BCUT2D eigenvalue weighted by atomic mass is 35.5. The van der Waals surface area contributed by atoms with Gasteiger partial charge in [-0.3, -0.25) is 4.90 Å². The SMILES string of the molecule is Nc1nc(Cl)cc(-c2nn(C(F)F)cc2Cc2ccccc2OCCN2CCO[C@@H](CO)C2)n1. The fraction of sp³-hybridized carbons (Fsp3) is 0.409. The van der Waals surface area contributed by atoms with Gasteiger partial charge in [-0.2, -0.15) is 13.9 Å². The van der Waals surface area contributed by atoms with Gasteiger partial charge in [-0.05, 0) is 11.6 Å². The first kappa shape index (κ1) is 24.3. The Balaban J connectivity index is 1.52. The van der Waals surface area contributed by atoms with Crippen molar-refractivity contribution in [2.75, 3.05) is 45.2 Å². The molecule has 1 aliphatic rings. The monoisotopic (exact) mass is 494 g/mol. The zero-order valence-corrected chi connectivity index (χ0v) is 19.0. The van der Waals surface area contributed by atoms with Crippen LogP contribution in [0.25, 0.3) is 11.4 Å². The number of morpholine rings is 1. The number of aliphatic hydroxyl groups excluding tert-OH is 1. The summed E-state index contributed by atoms with van der Waals surface area (Å²) in [5.74, 6) is 0.570. The number of aromatic nitrogens is 4. The second-order valence-electron chi connectivity index (χ2n) is 7.80. The number of para-hydroxylation sites is 1. The van der Waals surface area contributed by atoms with Crippen molar-refractivity contribution in [1.82, 2.24) is 24.6 Å². The zero-order chi connectivity index (χ0) is 24.1. The van der Waals surface area contributed by atoms with E-state index < -0.39 is 6.55 Å². The van der Waals surface area contributed by atoms with Gasteiger partial charge in [0.2, 0.25) is 5.95 Å². The van der Waals surface area contributed by atoms with Crippen molar-refractivity contribution in [2.45, 2.75) is 19.1 Å². The van der Waals surface area contributed by atoms with E-state index in [9.17, 15) is 13.9 Å². The first-order valence-corrected chi connectivity index (χ1v) is 11.1. The molecule has 0 bridgehead atoms. The minimum atomic E-state index is -2.81. The first-order chi connectivity index (χ1) is 16.4. The molecule has 1 aromatic carbocycles. The van der Waals surface area contributed by atoms with E-state index in [1.807, 2.05) is 24.3 Å². The number of alkyl halides is 2. The molecule has 4 rings (SSSR count). The average Bonchev–Trinajstić information content (AvgIpc) is 3.24. The lowest BCUT2D eigenvalue weighted by atomic mass is 10.0. The number of ether oxygens (including phenoxy) is 2. The molecule has 34 heavy (non-hydrogen) atoms. The number of rotatable bonds is 9. The van der Waals surface area contributed by atoms with E-state index in [4.69, 9.17) is 26.8 Å². The number of anilines is 1. The highest BCUT2D eigenvalue weighted by Gasteiger charge is 2.21. The van der Waals surface area contributed by atoms with E-state index >= 15 is 0 Å². The quantitative estimate of drug-likeness (QED) is 0.437. The Labute approximate surface area is 200 Å². The zero-order valence-electron chi connectivity index (χ0n) is 18.3. The van der Waals surface area contributed by atoms with Crippen molar-refractivity contribution in [3.8, 4) is 17.1 Å². The Hall–Kier alpha value is -2.86. The highest BCUT2D eigenvalue weighted by Crippen LogP contribution is 2.29. The summed E-state index contributed by atoms with van der Waals surface area (Å²) >= 11 is 5.99. The molecule has 0 spiro atoms. The van der Waals surface area contributed by atoms with Crippen LogP contribution >= 0.6 is 11.6 Å². The van der Waals surface area contributed by atoms with Crippen LogP contribution < -0.4 is 10.5 Å². The number of hydrogen-bond donors (Lipinski definition) is 2. The summed E-state index contributed by atoms with van der Waals surface area (Å²) in [6.07, 6.45) is 1.38. The molecule has 3 aromatic rings. The fourth-order valence-corrected chi connectivity index (χ4v) is 4.00. The molecule has 0 amide bonds. The van der Waals surface area contributed by atoms with Crippen LogP contribution in [0.2, 0.25) is 5.15 Å². The van der Waals surface area contributed by atoms with E-state index in [-0.39, 0.29) is 41.6 Å². The van der Waals surface area contributed by atoms with Crippen LogP contribution in [0.15, 0.2) is 36.5 Å². The maximum atomic E-state index is 13.4. The topological polar surface area (TPSA) is 112 Å². The molecule has 1 aliphatic heterocycles. The molecule has 1 atom stereocenters. The Morgan fingerprint density at radius 1 is 1.26 bits per heavy atom. The minimum absolute atomic E-state index is 0.0159. The summed E-state index contributed by atoms with van der Waals surface area (Å²) in [6, 6.07) is 8.85. The minimum Gasteiger partial charge on any atom is -0.492 e. The molecule has 2 aromatic heterocycles. The third-order valence-electron chi connectivity index (χ3n) is 5.41. The smallest absolute Gasteiger partial charge is 0.333 e. The molecule has 12 heteroatoms.